The molecule has 2 heterocycles. The number of imidazole rings is 1. The van der Waals surface area contributed by atoms with Gasteiger partial charge in [-0.15, -0.1) is 11.3 Å². The number of carbonyl (C=O) groups excluding carboxylic acids is 1. The van der Waals surface area contributed by atoms with E-state index >= 15 is 0 Å². The number of halogens is 1. The van der Waals surface area contributed by atoms with E-state index < -0.39 is 0 Å². The summed E-state index contributed by atoms with van der Waals surface area (Å²) < 4.78 is 3.32. The standard InChI is InChI=1S/C20H16IN3OS/c1-2-24-16-6-4-3-5-15(16)23-19(24)17-11-12-18(26-17)20(25)22-14-9-7-13(21)8-10-14/h3-12H,2H2,1H3,(H,22,25). The summed E-state index contributed by atoms with van der Waals surface area (Å²) in [5.41, 5.74) is 2.89. The van der Waals surface area contributed by atoms with Crippen molar-refractivity contribution in [3.05, 3.63) is 69.1 Å². The summed E-state index contributed by atoms with van der Waals surface area (Å²) in [6, 6.07) is 19.7. The number of aryl methyl sites for hydroxylation is 1. The lowest BCUT2D eigenvalue weighted by atomic mass is 10.3. The number of hydrogen-bond donors (Lipinski definition) is 1. The normalized spacial score (nSPS) is 11.0. The van der Waals surface area contributed by atoms with E-state index in [0.717, 1.165) is 37.5 Å². The van der Waals surface area contributed by atoms with Crippen LogP contribution in [0.25, 0.3) is 21.7 Å². The first kappa shape index (κ1) is 17.2. The van der Waals surface area contributed by atoms with Gasteiger partial charge in [0.1, 0.15) is 0 Å². The van der Waals surface area contributed by atoms with Gasteiger partial charge in [0, 0.05) is 15.8 Å². The molecule has 0 bridgehead atoms. The second-order valence-electron chi connectivity index (χ2n) is 5.79. The van der Waals surface area contributed by atoms with Gasteiger partial charge in [-0.25, -0.2) is 4.98 Å². The Morgan fingerprint density at radius 3 is 2.65 bits per heavy atom. The molecule has 6 heteroatoms. The molecule has 0 unspecified atom stereocenters. The topological polar surface area (TPSA) is 46.9 Å². The van der Waals surface area contributed by atoms with Crippen molar-refractivity contribution in [2.45, 2.75) is 13.5 Å². The molecule has 26 heavy (non-hydrogen) atoms. The molecule has 4 nitrogen and oxygen atoms in total. The van der Waals surface area contributed by atoms with Crippen molar-refractivity contribution >= 4 is 56.6 Å². The second-order valence-corrected chi connectivity index (χ2v) is 8.12. The number of fused-ring (bicyclic) bond motifs is 1. The van der Waals surface area contributed by atoms with E-state index in [1.54, 1.807) is 0 Å². The summed E-state index contributed by atoms with van der Waals surface area (Å²) in [4.78, 5) is 19.0. The van der Waals surface area contributed by atoms with Crippen LogP contribution in [0.15, 0.2) is 60.7 Å². The van der Waals surface area contributed by atoms with Crippen LogP contribution in [0.1, 0.15) is 16.6 Å². The SMILES string of the molecule is CCn1c(-c2ccc(C(=O)Nc3ccc(I)cc3)s2)nc2ccccc21. The molecule has 4 rings (SSSR count). The molecule has 0 radical (unpaired) electrons. The molecular weight excluding hydrogens is 457 g/mol. The number of hydrogen-bond acceptors (Lipinski definition) is 3. The van der Waals surface area contributed by atoms with Crippen molar-refractivity contribution < 1.29 is 4.79 Å². The number of nitrogens with one attached hydrogen (secondary N) is 1. The summed E-state index contributed by atoms with van der Waals surface area (Å²) in [5.74, 6) is 0.814. The van der Waals surface area contributed by atoms with E-state index in [9.17, 15) is 4.79 Å². The van der Waals surface area contributed by atoms with E-state index in [2.05, 4.69) is 45.5 Å². The van der Waals surface area contributed by atoms with Crippen LogP contribution in [-0.2, 0) is 6.54 Å². The third-order valence-corrected chi connectivity index (χ3v) is 5.92. The van der Waals surface area contributed by atoms with Crippen LogP contribution in [0.5, 0.6) is 0 Å². The fraction of sp³-hybridized carbons (Fsp3) is 0.100. The van der Waals surface area contributed by atoms with Gasteiger partial charge in [0.05, 0.1) is 20.8 Å². The summed E-state index contributed by atoms with van der Waals surface area (Å²) >= 11 is 3.71. The highest BCUT2D eigenvalue weighted by Gasteiger charge is 2.16. The van der Waals surface area contributed by atoms with E-state index in [1.165, 1.54) is 11.3 Å². The molecule has 0 spiro atoms. The summed E-state index contributed by atoms with van der Waals surface area (Å²) in [7, 11) is 0. The van der Waals surface area contributed by atoms with Crippen LogP contribution in [0.2, 0.25) is 0 Å². The van der Waals surface area contributed by atoms with Crippen molar-refractivity contribution in [3.8, 4) is 10.7 Å². The van der Waals surface area contributed by atoms with E-state index in [0.29, 0.717) is 4.88 Å². The lowest BCUT2D eigenvalue weighted by Crippen LogP contribution is -2.09. The first-order chi connectivity index (χ1) is 12.7. The van der Waals surface area contributed by atoms with Gasteiger partial charge in [-0.1, -0.05) is 12.1 Å². The Hall–Kier alpha value is -2.19. The number of rotatable bonds is 4. The highest BCUT2D eigenvalue weighted by atomic mass is 127. The smallest absolute Gasteiger partial charge is 0.265 e. The van der Waals surface area contributed by atoms with Crippen LogP contribution in [0.4, 0.5) is 5.69 Å². The first-order valence-electron chi connectivity index (χ1n) is 8.28. The van der Waals surface area contributed by atoms with Crippen molar-refractivity contribution in [3.63, 3.8) is 0 Å². The molecule has 0 aliphatic heterocycles. The van der Waals surface area contributed by atoms with Gasteiger partial charge in [0.15, 0.2) is 5.82 Å². The Labute approximate surface area is 169 Å². The molecule has 1 amide bonds. The average Bonchev–Trinajstić information content (AvgIpc) is 3.27. The number of aromatic nitrogens is 2. The zero-order valence-electron chi connectivity index (χ0n) is 14.1. The molecular formula is C20H16IN3OS. The molecule has 0 aliphatic rings. The van der Waals surface area contributed by atoms with Crippen molar-refractivity contribution in [1.29, 1.82) is 0 Å². The Morgan fingerprint density at radius 2 is 1.88 bits per heavy atom. The number of thiophene rings is 1. The van der Waals surface area contributed by atoms with Gasteiger partial charge in [0.2, 0.25) is 0 Å². The van der Waals surface area contributed by atoms with E-state index in [-0.39, 0.29) is 5.91 Å². The molecule has 0 fully saturated rings. The Bertz CT molecular complexity index is 1080. The van der Waals surface area contributed by atoms with Gasteiger partial charge in [-0.3, -0.25) is 4.79 Å². The largest absolute Gasteiger partial charge is 0.324 e. The predicted octanol–water partition coefficient (Wildman–Crippen LogP) is 5.64. The third kappa shape index (κ3) is 3.26. The molecule has 0 atom stereocenters. The molecule has 130 valence electrons. The van der Waals surface area contributed by atoms with E-state index in [1.807, 2.05) is 54.6 Å². The van der Waals surface area contributed by atoms with Crippen molar-refractivity contribution in [2.75, 3.05) is 5.32 Å². The number of carbonyl (C=O) groups is 1. The number of anilines is 1. The molecule has 4 aromatic rings. The van der Waals surface area contributed by atoms with Gasteiger partial charge < -0.3 is 9.88 Å². The Morgan fingerprint density at radius 1 is 1.12 bits per heavy atom. The molecule has 1 N–H and O–H groups in total. The van der Waals surface area contributed by atoms with Gasteiger partial charge in [-0.05, 0) is 78.0 Å². The third-order valence-electron chi connectivity index (χ3n) is 4.12. The van der Waals surface area contributed by atoms with Crippen molar-refractivity contribution in [1.82, 2.24) is 9.55 Å². The lowest BCUT2D eigenvalue weighted by Gasteiger charge is -2.04. The van der Waals surface area contributed by atoms with Crippen LogP contribution in [-0.4, -0.2) is 15.5 Å². The van der Waals surface area contributed by atoms with Crippen molar-refractivity contribution in [2.24, 2.45) is 0 Å². The quantitative estimate of drug-likeness (QED) is 0.390. The fourth-order valence-corrected chi connectivity index (χ4v) is 4.15. The number of amides is 1. The zero-order valence-corrected chi connectivity index (χ0v) is 17.0. The summed E-state index contributed by atoms with van der Waals surface area (Å²) in [5, 5.41) is 2.95. The van der Waals surface area contributed by atoms with Crippen LogP contribution in [0, 0.1) is 3.57 Å². The highest BCUT2D eigenvalue weighted by molar-refractivity contribution is 14.1. The zero-order chi connectivity index (χ0) is 18.1. The van der Waals surface area contributed by atoms with Gasteiger partial charge in [-0.2, -0.15) is 0 Å². The number of para-hydroxylation sites is 2. The van der Waals surface area contributed by atoms with Crippen LogP contribution >= 0.6 is 33.9 Å². The maximum atomic E-state index is 12.5. The minimum atomic E-state index is -0.0957. The minimum Gasteiger partial charge on any atom is -0.324 e. The Kier molecular flexibility index (Phi) is 4.78. The molecule has 0 saturated carbocycles. The van der Waals surface area contributed by atoms with Gasteiger partial charge >= 0.3 is 0 Å². The summed E-state index contributed by atoms with van der Waals surface area (Å²) in [6.45, 7) is 2.94. The number of nitrogens with zero attached hydrogens (tertiary/aromatic N) is 2. The molecule has 0 aliphatic carbocycles. The van der Waals surface area contributed by atoms with E-state index in [4.69, 9.17) is 4.98 Å². The highest BCUT2D eigenvalue weighted by Crippen LogP contribution is 2.31. The van der Waals surface area contributed by atoms with Crippen LogP contribution < -0.4 is 5.32 Å². The molecule has 0 saturated heterocycles. The second kappa shape index (κ2) is 7.20. The fourth-order valence-electron chi connectivity index (χ4n) is 2.89. The monoisotopic (exact) mass is 473 g/mol. The number of benzene rings is 2. The van der Waals surface area contributed by atoms with Gasteiger partial charge in [0.25, 0.3) is 5.91 Å². The average molecular weight is 473 g/mol. The maximum Gasteiger partial charge on any atom is 0.265 e. The lowest BCUT2D eigenvalue weighted by molar-refractivity contribution is 0.103. The predicted molar refractivity (Wildman–Crippen MR) is 116 cm³/mol. The minimum absolute atomic E-state index is 0.0957. The van der Waals surface area contributed by atoms with Crippen LogP contribution in [0.3, 0.4) is 0 Å². The first-order valence-corrected chi connectivity index (χ1v) is 10.2. The maximum absolute atomic E-state index is 12.5. The molecule has 2 aromatic carbocycles. The summed E-state index contributed by atoms with van der Waals surface area (Å²) in [6.07, 6.45) is 0. The Balaban J connectivity index is 1.64. The molecule has 2 aromatic heterocycles.